The first-order valence-electron chi connectivity index (χ1n) is 7.10. The van der Waals surface area contributed by atoms with Crippen LogP contribution in [0, 0.1) is 0 Å². The SMILES string of the molecule is NCc1ccccc1NC(=O)CCN1CCCCC1. The van der Waals surface area contributed by atoms with E-state index in [4.69, 9.17) is 5.73 Å². The number of piperidine rings is 1. The molecule has 1 aromatic rings. The van der Waals surface area contributed by atoms with Crippen LogP contribution in [0.5, 0.6) is 0 Å². The maximum atomic E-state index is 11.9. The summed E-state index contributed by atoms with van der Waals surface area (Å²) < 4.78 is 0. The number of benzene rings is 1. The first kappa shape index (κ1) is 14.0. The van der Waals surface area contributed by atoms with Crippen LogP contribution in [-0.4, -0.2) is 30.4 Å². The van der Waals surface area contributed by atoms with E-state index in [1.165, 1.54) is 19.3 Å². The van der Waals surface area contributed by atoms with Crippen molar-refractivity contribution < 1.29 is 4.79 Å². The smallest absolute Gasteiger partial charge is 0.225 e. The van der Waals surface area contributed by atoms with Gasteiger partial charge in [-0.25, -0.2) is 0 Å². The maximum absolute atomic E-state index is 11.9. The molecule has 1 aliphatic rings. The number of carbonyl (C=O) groups is 1. The monoisotopic (exact) mass is 261 g/mol. The molecular formula is C15H23N3O. The van der Waals surface area contributed by atoms with Crippen molar-refractivity contribution in [3.63, 3.8) is 0 Å². The topological polar surface area (TPSA) is 58.4 Å². The van der Waals surface area contributed by atoms with Crippen LogP contribution < -0.4 is 11.1 Å². The number of nitrogens with one attached hydrogen (secondary N) is 1. The second kappa shape index (κ2) is 7.26. The molecule has 0 saturated carbocycles. The summed E-state index contributed by atoms with van der Waals surface area (Å²) in [5, 5.41) is 2.96. The molecular weight excluding hydrogens is 238 g/mol. The Kier molecular flexibility index (Phi) is 5.36. The van der Waals surface area contributed by atoms with Gasteiger partial charge < -0.3 is 16.0 Å². The van der Waals surface area contributed by atoms with Gasteiger partial charge in [0, 0.05) is 25.2 Å². The van der Waals surface area contributed by atoms with Crippen molar-refractivity contribution in [1.29, 1.82) is 0 Å². The minimum absolute atomic E-state index is 0.0754. The van der Waals surface area contributed by atoms with Crippen molar-refractivity contribution in [3.05, 3.63) is 29.8 Å². The molecule has 19 heavy (non-hydrogen) atoms. The van der Waals surface area contributed by atoms with E-state index in [9.17, 15) is 4.79 Å². The van der Waals surface area contributed by atoms with E-state index < -0.39 is 0 Å². The second-order valence-corrected chi connectivity index (χ2v) is 5.06. The normalized spacial score (nSPS) is 16.3. The summed E-state index contributed by atoms with van der Waals surface area (Å²) in [5.74, 6) is 0.0754. The molecule has 1 fully saturated rings. The molecule has 0 spiro atoms. The van der Waals surface area contributed by atoms with Crippen LogP contribution in [0.1, 0.15) is 31.2 Å². The molecule has 1 aromatic carbocycles. The number of para-hydroxylation sites is 1. The predicted molar refractivity (Wildman–Crippen MR) is 77.9 cm³/mol. The zero-order valence-corrected chi connectivity index (χ0v) is 11.4. The van der Waals surface area contributed by atoms with Crippen LogP contribution in [0.4, 0.5) is 5.69 Å². The standard InChI is InChI=1S/C15H23N3O/c16-12-13-6-2-3-7-14(13)17-15(19)8-11-18-9-4-1-5-10-18/h2-3,6-7H,1,4-5,8-12,16H2,(H,17,19). The lowest BCUT2D eigenvalue weighted by Crippen LogP contribution is -2.32. The molecule has 0 bridgehead atoms. The first-order chi connectivity index (χ1) is 9.29. The van der Waals surface area contributed by atoms with Gasteiger partial charge in [-0.1, -0.05) is 24.6 Å². The van der Waals surface area contributed by atoms with E-state index in [2.05, 4.69) is 10.2 Å². The van der Waals surface area contributed by atoms with Crippen LogP contribution in [0.3, 0.4) is 0 Å². The number of likely N-dealkylation sites (tertiary alicyclic amines) is 1. The number of anilines is 1. The Morgan fingerprint density at radius 1 is 1.21 bits per heavy atom. The largest absolute Gasteiger partial charge is 0.326 e. The van der Waals surface area contributed by atoms with Crippen molar-refractivity contribution in [2.24, 2.45) is 5.73 Å². The molecule has 0 unspecified atom stereocenters. The molecule has 1 saturated heterocycles. The van der Waals surface area contributed by atoms with Crippen molar-refractivity contribution >= 4 is 11.6 Å². The third kappa shape index (κ3) is 4.33. The van der Waals surface area contributed by atoms with Gasteiger partial charge in [-0.2, -0.15) is 0 Å². The van der Waals surface area contributed by atoms with Gasteiger partial charge in [-0.3, -0.25) is 4.79 Å². The average molecular weight is 261 g/mol. The highest BCUT2D eigenvalue weighted by atomic mass is 16.1. The second-order valence-electron chi connectivity index (χ2n) is 5.06. The molecule has 4 heteroatoms. The van der Waals surface area contributed by atoms with Gasteiger partial charge in [0.25, 0.3) is 0 Å². The number of nitrogens with zero attached hydrogens (tertiary/aromatic N) is 1. The number of hydrogen-bond donors (Lipinski definition) is 2. The summed E-state index contributed by atoms with van der Waals surface area (Å²) in [4.78, 5) is 14.3. The molecule has 0 aromatic heterocycles. The highest BCUT2D eigenvalue weighted by Crippen LogP contribution is 2.14. The van der Waals surface area contributed by atoms with Gasteiger partial charge in [-0.05, 0) is 37.6 Å². The van der Waals surface area contributed by atoms with Crippen LogP contribution >= 0.6 is 0 Å². The molecule has 104 valence electrons. The maximum Gasteiger partial charge on any atom is 0.225 e. The first-order valence-corrected chi connectivity index (χ1v) is 7.10. The summed E-state index contributed by atoms with van der Waals surface area (Å²) >= 11 is 0. The fourth-order valence-electron chi connectivity index (χ4n) is 2.48. The Labute approximate surface area is 115 Å². The quantitative estimate of drug-likeness (QED) is 0.852. The van der Waals surface area contributed by atoms with Gasteiger partial charge >= 0.3 is 0 Å². The van der Waals surface area contributed by atoms with Crippen LogP contribution in [0.2, 0.25) is 0 Å². The minimum atomic E-state index is 0.0754. The Bertz CT molecular complexity index is 414. The molecule has 0 aliphatic carbocycles. The fourth-order valence-corrected chi connectivity index (χ4v) is 2.48. The summed E-state index contributed by atoms with van der Waals surface area (Å²) in [5.41, 5.74) is 7.48. The van der Waals surface area contributed by atoms with Crippen molar-refractivity contribution in [1.82, 2.24) is 4.90 Å². The third-order valence-corrected chi connectivity index (χ3v) is 3.62. The predicted octanol–water partition coefficient (Wildman–Crippen LogP) is 1.96. The molecule has 1 heterocycles. The summed E-state index contributed by atoms with van der Waals surface area (Å²) in [6, 6.07) is 7.70. The Morgan fingerprint density at radius 2 is 1.95 bits per heavy atom. The summed E-state index contributed by atoms with van der Waals surface area (Å²) in [6.45, 7) is 3.57. The van der Waals surface area contributed by atoms with Crippen molar-refractivity contribution in [2.75, 3.05) is 25.0 Å². The summed E-state index contributed by atoms with van der Waals surface area (Å²) in [7, 11) is 0. The number of amides is 1. The van der Waals surface area contributed by atoms with E-state index in [0.717, 1.165) is 30.9 Å². The third-order valence-electron chi connectivity index (χ3n) is 3.62. The molecule has 4 nitrogen and oxygen atoms in total. The summed E-state index contributed by atoms with van der Waals surface area (Å²) in [6.07, 6.45) is 4.40. The van der Waals surface area contributed by atoms with E-state index in [0.29, 0.717) is 13.0 Å². The Hall–Kier alpha value is -1.39. The lowest BCUT2D eigenvalue weighted by atomic mass is 10.1. The van der Waals surface area contributed by atoms with Gasteiger partial charge in [-0.15, -0.1) is 0 Å². The average Bonchev–Trinajstić information content (AvgIpc) is 2.47. The van der Waals surface area contributed by atoms with Gasteiger partial charge in [0.1, 0.15) is 0 Å². The lowest BCUT2D eigenvalue weighted by Gasteiger charge is -2.26. The van der Waals surface area contributed by atoms with E-state index >= 15 is 0 Å². The molecule has 3 N–H and O–H groups in total. The molecule has 1 aliphatic heterocycles. The van der Waals surface area contributed by atoms with E-state index in [1.807, 2.05) is 24.3 Å². The van der Waals surface area contributed by atoms with E-state index in [-0.39, 0.29) is 5.91 Å². The molecule has 2 rings (SSSR count). The van der Waals surface area contributed by atoms with Crippen LogP contribution in [-0.2, 0) is 11.3 Å². The van der Waals surface area contributed by atoms with E-state index in [1.54, 1.807) is 0 Å². The van der Waals surface area contributed by atoms with Crippen molar-refractivity contribution in [3.8, 4) is 0 Å². The Morgan fingerprint density at radius 3 is 2.68 bits per heavy atom. The molecule has 1 amide bonds. The zero-order chi connectivity index (χ0) is 13.5. The highest BCUT2D eigenvalue weighted by Gasteiger charge is 2.12. The molecule has 0 atom stereocenters. The zero-order valence-electron chi connectivity index (χ0n) is 11.4. The number of hydrogen-bond acceptors (Lipinski definition) is 3. The number of nitrogens with two attached hydrogens (primary N) is 1. The fraction of sp³-hybridized carbons (Fsp3) is 0.533. The highest BCUT2D eigenvalue weighted by molar-refractivity contribution is 5.91. The van der Waals surface area contributed by atoms with Gasteiger partial charge in [0.2, 0.25) is 5.91 Å². The number of carbonyl (C=O) groups excluding carboxylic acids is 1. The van der Waals surface area contributed by atoms with Gasteiger partial charge in [0.15, 0.2) is 0 Å². The number of rotatable bonds is 5. The van der Waals surface area contributed by atoms with Crippen LogP contribution in [0.25, 0.3) is 0 Å². The van der Waals surface area contributed by atoms with Gasteiger partial charge in [0.05, 0.1) is 0 Å². The van der Waals surface area contributed by atoms with Crippen LogP contribution in [0.15, 0.2) is 24.3 Å². The Balaban J connectivity index is 1.80. The minimum Gasteiger partial charge on any atom is -0.326 e. The van der Waals surface area contributed by atoms with Crippen molar-refractivity contribution in [2.45, 2.75) is 32.2 Å². The molecule has 0 radical (unpaired) electrons. The lowest BCUT2D eigenvalue weighted by molar-refractivity contribution is -0.116.